The summed E-state index contributed by atoms with van der Waals surface area (Å²) in [5.41, 5.74) is -1.38. The second kappa shape index (κ2) is 5.39. The molecule has 0 heterocycles. The Morgan fingerprint density at radius 2 is 1.94 bits per heavy atom. The smallest absolute Gasteiger partial charge is 0.206 e. The van der Waals surface area contributed by atoms with Crippen LogP contribution in [0.5, 0.6) is 0 Å². The molecule has 0 atom stereocenters. The van der Waals surface area contributed by atoms with Crippen molar-refractivity contribution in [2.45, 2.75) is 12.6 Å². The predicted molar refractivity (Wildman–Crippen MR) is 58.9 cm³/mol. The first kappa shape index (κ1) is 13.1. The molecular formula is C11H10F4S. The van der Waals surface area contributed by atoms with E-state index in [1.165, 1.54) is 24.3 Å². The van der Waals surface area contributed by atoms with E-state index in [0.717, 1.165) is 6.07 Å². The Labute approximate surface area is 96.4 Å². The Morgan fingerprint density at radius 3 is 2.50 bits per heavy atom. The van der Waals surface area contributed by atoms with E-state index in [0.29, 0.717) is 12.2 Å². The third-order valence-corrected chi connectivity index (χ3v) is 2.18. The number of rotatable bonds is 3. The summed E-state index contributed by atoms with van der Waals surface area (Å²) in [6, 6.07) is 3.30. The number of benzene rings is 1. The maximum atomic E-state index is 13.1. The maximum absolute atomic E-state index is 13.1. The highest BCUT2D eigenvalue weighted by Gasteiger charge is 2.35. The standard InChI is InChI=1S/C11H10F4S/c12-9-6-3-5-8(4-1-2-7-16)10(9)11(13,14)15/h1,3-6,16H,2,7H2. The quantitative estimate of drug-likeness (QED) is 0.604. The molecule has 1 aromatic rings. The molecule has 0 amide bonds. The van der Waals surface area contributed by atoms with E-state index in [1.807, 2.05) is 0 Å². The van der Waals surface area contributed by atoms with Crippen LogP contribution in [-0.4, -0.2) is 5.75 Å². The van der Waals surface area contributed by atoms with Crippen molar-refractivity contribution in [3.63, 3.8) is 0 Å². The van der Waals surface area contributed by atoms with Crippen LogP contribution < -0.4 is 0 Å². The van der Waals surface area contributed by atoms with Crippen LogP contribution in [0.1, 0.15) is 17.5 Å². The molecule has 0 N–H and O–H groups in total. The monoisotopic (exact) mass is 250 g/mol. The minimum Gasteiger partial charge on any atom is -0.206 e. The van der Waals surface area contributed by atoms with E-state index in [4.69, 9.17) is 0 Å². The molecule has 0 aliphatic carbocycles. The van der Waals surface area contributed by atoms with Gasteiger partial charge in [0.05, 0.1) is 5.56 Å². The highest BCUT2D eigenvalue weighted by molar-refractivity contribution is 7.80. The summed E-state index contributed by atoms with van der Waals surface area (Å²) in [6.45, 7) is 0. The average molecular weight is 250 g/mol. The number of thiol groups is 1. The Morgan fingerprint density at radius 1 is 1.25 bits per heavy atom. The van der Waals surface area contributed by atoms with Gasteiger partial charge in [0.2, 0.25) is 0 Å². The lowest BCUT2D eigenvalue weighted by molar-refractivity contribution is -0.140. The summed E-state index contributed by atoms with van der Waals surface area (Å²) < 4.78 is 50.7. The van der Waals surface area contributed by atoms with E-state index in [1.54, 1.807) is 0 Å². The van der Waals surface area contributed by atoms with Crippen molar-refractivity contribution in [2.75, 3.05) is 5.75 Å². The highest BCUT2D eigenvalue weighted by atomic mass is 32.1. The second-order valence-electron chi connectivity index (χ2n) is 3.12. The highest BCUT2D eigenvalue weighted by Crippen LogP contribution is 2.34. The van der Waals surface area contributed by atoms with Crippen molar-refractivity contribution in [3.05, 3.63) is 41.2 Å². The zero-order valence-corrected chi connectivity index (χ0v) is 9.15. The Bertz CT molecular complexity index is 382. The van der Waals surface area contributed by atoms with Gasteiger partial charge in [-0.2, -0.15) is 25.8 Å². The van der Waals surface area contributed by atoms with Crippen LogP contribution >= 0.6 is 12.6 Å². The SMILES string of the molecule is Fc1cccc(C=CCCS)c1C(F)(F)F. The molecule has 0 aliphatic heterocycles. The summed E-state index contributed by atoms with van der Waals surface area (Å²) in [6.07, 6.45) is -1.33. The molecule has 1 rings (SSSR count). The normalized spacial score (nSPS) is 12.3. The molecule has 0 fully saturated rings. The molecule has 0 aromatic heterocycles. The molecule has 1 aromatic carbocycles. The summed E-state index contributed by atoms with van der Waals surface area (Å²) in [4.78, 5) is 0. The van der Waals surface area contributed by atoms with Gasteiger partial charge in [-0.3, -0.25) is 0 Å². The fourth-order valence-corrected chi connectivity index (χ4v) is 1.41. The Hall–Kier alpha value is -0.970. The molecule has 16 heavy (non-hydrogen) atoms. The van der Waals surface area contributed by atoms with Gasteiger partial charge in [-0.25, -0.2) is 4.39 Å². The van der Waals surface area contributed by atoms with Crippen LogP contribution in [0.3, 0.4) is 0 Å². The first-order valence-electron chi connectivity index (χ1n) is 4.60. The predicted octanol–water partition coefficient (Wildman–Crippen LogP) is 4.18. The Kier molecular flexibility index (Phi) is 4.41. The van der Waals surface area contributed by atoms with Crippen molar-refractivity contribution < 1.29 is 17.6 Å². The fourth-order valence-electron chi connectivity index (χ4n) is 1.26. The van der Waals surface area contributed by atoms with Crippen LogP contribution in [0.2, 0.25) is 0 Å². The molecule has 0 spiro atoms. The van der Waals surface area contributed by atoms with Crippen molar-refractivity contribution >= 4 is 18.7 Å². The van der Waals surface area contributed by atoms with E-state index < -0.39 is 17.6 Å². The van der Waals surface area contributed by atoms with Gasteiger partial charge in [0, 0.05) is 0 Å². The number of hydrogen-bond acceptors (Lipinski definition) is 1. The van der Waals surface area contributed by atoms with Crippen molar-refractivity contribution in [1.82, 2.24) is 0 Å². The molecule has 0 aliphatic rings. The summed E-state index contributed by atoms with van der Waals surface area (Å²) in [7, 11) is 0. The lowest BCUT2D eigenvalue weighted by atomic mass is 10.1. The van der Waals surface area contributed by atoms with Gasteiger partial charge in [-0.05, 0) is 23.8 Å². The van der Waals surface area contributed by atoms with Gasteiger partial charge < -0.3 is 0 Å². The molecule has 5 heteroatoms. The first-order valence-corrected chi connectivity index (χ1v) is 5.23. The molecule has 0 radical (unpaired) electrons. The van der Waals surface area contributed by atoms with Gasteiger partial charge >= 0.3 is 6.18 Å². The second-order valence-corrected chi connectivity index (χ2v) is 3.56. The van der Waals surface area contributed by atoms with Crippen LogP contribution in [0.4, 0.5) is 17.6 Å². The number of allylic oxidation sites excluding steroid dienone is 1. The zero-order chi connectivity index (χ0) is 12.2. The third-order valence-electron chi connectivity index (χ3n) is 1.92. The van der Waals surface area contributed by atoms with E-state index in [9.17, 15) is 17.6 Å². The van der Waals surface area contributed by atoms with Crippen molar-refractivity contribution in [3.8, 4) is 0 Å². The molecule has 88 valence electrons. The minimum absolute atomic E-state index is 0.158. The third kappa shape index (κ3) is 3.27. The number of halogens is 4. The molecule has 0 saturated carbocycles. The van der Waals surface area contributed by atoms with Crippen LogP contribution in [-0.2, 0) is 6.18 Å². The van der Waals surface area contributed by atoms with E-state index in [-0.39, 0.29) is 5.56 Å². The van der Waals surface area contributed by atoms with Gasteiger partial charge in [0.1, 0.15) is 5.82 Å². The Balaban J connectivity index is 3.14. The van der Waals surface area contributed by atoms with Crippen LogP contribution in [0.25, 0.3) is 6.08 Å². The largest absolute Gasteiger partial charge is 0.419 e. The van der Waals surface area contributed by atoms with Crippen LogP contribution in [0.15, 0.2) is 24.3 Å². The maximum Gasteiger partial charge on any atom is 0.419 e. The average Bonchev–Trinajstić information content (AvgIpc) is 2.16. The fraction of sp³-hybridized carbons (Fsp3) is 0.273. The van der Waals surface area contributed by atoms with Gasteiger partial charge in [-0.15, -0.1) is 0 Å². The first-order chi connectivity index (χ1) is 7.46. The summed E-state index contributed by atoms with van der Waals surface area (Å²) in [5, 5.41) is 0. The summed E-state index contributed by atoms with van der Waals surface area (Å²) in [5.74, 6) is -0.715. The minimum atomic E-state index is -4.67. The molecular weight excluding hydrogens is 240 g/mol. The summed E-state index contributed by atoms with van der Waals surface area (Å²) >= 11 is 3.92. The van der Waals surface area contributed by atoms with E-state index in [2.05, 4.69) is 12.6 Å². The topological polar surface area (TPSA) is 0 Å². The van der Waals surface area contributed by atoms with Gasteiger partial charge in [0.15, 0.2) is 0 Å². The van der Waals surface area contributed by atoms with Crippen molar-refractivity contribution in [2.24, 2.45) is 0 Å². The number of alkyl halides is 3. The molecule has 0 saturated heterocycles. The lowest BCUT2D eigenvalue weighted by Crippen LogP contribution is -2.10. The van der Waals surface area contributed by atoms with Crippen LogP contribution in [0, 0.1) is 5.82 Å². The zero-order valence-electron chi connectivity index (χ0n) is 8.26. The van der Waals surface area contributed by atoms with Crippen molar-refractivity contribution in [1.29, 1.82) is 0 Å². The molecule has 0 nitrogen and oxygen atoms in total. The number of hydrogen-bond donors (Lipinski definition) is 1. The lowest BCUT2D eigenvalue weighted by Gasteiger charge is -2.10. The van der Waals surface area contributed by atoms with Gasteiger partial charge in [-0.1, -0.05) is 24.3 Å². The molecule has 0 bridgehead atoms. The molecule has 0 unspecified atom stereocenters. The van der Waals surface area contributed by atoms with Gasteiger partial charge in [0.25, 0.3) is 0 Å². The van der Waals surface area contributed by atoms with E-state index >= 15 is 0 Å².